The highest BCUT2D eigenvalue weighted by atomic mass is 79.9. The zero-order valence-electron chi connectivity index (χ0n) is 10.4. The number of halogens is 1. The maximum absolute atomic E-state index is 4.12. The van der Waals surface area contributed by atoms with E-state index in [-0.39, 0.29) is 5.41 Å². The van der Waals surface area contributed by atoms with Crippen LogP contribution in [-0.2, 0) is 5.41 Å². The lowest BCUT2D eigenvalue weighted by Gasteiger charge is -2.18. The number of aromatic nitrogens is 4. The summed E-state index contributed by atoms with van der Waals surface area (Å²) in [5, 5.41) is 12.0. The number of nitrogens with zero attached hydrogens (tertiary/aromatic N) is 4. The standard InChI is InChI=1S/C12H15BrN4/c1-8-6-5-7-9(10(8)13)17-11(12(2,3)4)14-15-16-17/h5-7H,1-4H3. The van der Waals surface area contributed by atoms with Gasteiger partial charge in [-0.15, -0.1) is 5.10 Å². The lowest BCUT2D eigenvalue weighted by Crippen LogP contribution is -2.19. The smallest absolute Gasteiger partial charge is 0.162 e. The van der Waals surface area contributed by atoms with Crippen molar-refractivity contribution in [2.45, 2.75) is 33.1 Å². The summed E-state index contributed by atoms with van der Waals surface area (Å²) >= 11 is 3.59. The van der Waals surface area contributed by atoms with E-state index in [4.69, 9.17) is 0 Å². The molecule has 0 radical (unpaired) electrons. The molecule has 0 amide bonds. The van der Waals surface area contributed by atoms with Gasteiger partial charge >= 0.3 is 0 Å². The van der Waals surface area contributed by atoms with Crippen molar-refractivity contribution in [3.63, 3.8) is 0 Å². The first-order valence-electron chi connectivity index (χ1n) is 5.45. The van der Waals surface area contributed by atoms with E-state index in [1.54, 1.807) is 4.68 Å². The van der Waals surface area contributed by atoms with Crippen molar-refractivity contribution in [1.82, 2.24) is 20.2 Å². The lowest BCUT2D eigenvalue weighted by atomic mass is 9.95. The van der Waals surface area contributed by atoms with E-state index in [9.17, 15) is 0 Å². The van der Waals surface area contributed by atoms with Crippen molar-refractivity contribution in [1.29, 1.82) is 0 Å². The molecular formula is C12H15BrN4. The fraction of sp³-hybridized carbons (Fsp3) is 0.417. The second-order valence-electron chi connectivity index (χ2n) is 5.07. The molecule has 0 saturated heterocycles. The molecule has 2 rings (SSSR count). The minimum Gasteiger partial charge on any atom is -0.196 e. The zero-order valence-corrected chi connectivity index (χ0v) is 12.0. The molecule has 0 aliphatic rings. The molecule has 0 N–H and O–H groups in total. The van der Waals surface area contributed by atoms with Gasteiger partial charge in [-0.1, -0.05) is 32.9 Å². The highest BCUT2D eigenvalue weighted by Gasteiger charge is 2.23. The Labute approximate surface area is 109 Å². The van der Waals surface area contributed by atoms with E-state index < -0.39 is 0 Å². The highest BCUT2D eigenvalue weighted by Crippen LogP contribution is 2.27. The van der Waals surface area contributed by atoms with Crippen LogP contribution in [0.2, 0.25) is 0 Å². The molecule has 0 aliphatic carbocycles. The Balaban J connectivity index is 2.62. The van der Waals surface area contributed by atoms with Crippen molar-refractivity contribution in [2.75, 3.05) is 0 Å². The summed E-state index contributed by atoms with van der Waals surface area (Å²) in [5.74, 6) is 0.851. The Morgan fingerprint density at radius 2 is 1.94 bits per heavy atom. The molecule has 90 valence electrons. The van der Waals surface area contributed by atoms with Crippen LogP contribution in [-0.4, -0.2) is 20.2 Å². The van der Waals surface area contributed by atoms with Crippen molar-refractivity contribution in [3.8, 4) is 5.69 Å². The second-order valence-corrected chi connectivity index (χ2v) is 5.87. The second kappa shape index (κ2) is 4.22. The summed E-state index contributed by atoms with van der Waals surface area (Å²) in [4.78, 5) is 0. The van der Waals surface area contributed by atoms with Crippen LogP contribution in [0.1, 0.15) is 32.2 Å². The van der Waals surface area contributed by atoms with E-state index in [0.29, 0.717) is 0 Å². The van der Waals surface area contributed by atoms with Gasteiger partial charge in [-0.3, -0.25) is 0 Å². The zero-order chi connectivity index (χ0) is 12.6. The Morgan fingerprint density at radius 1 is 1.24 bits per heavy atom. The average Bonchev–Trinajstić information content (AvgIpc) is 2.70. The van der Waals surface area contributed by atoms with Crippen LogP contribution >= 0.6 is 15.9 Å². The molecule has 0 bridgehead atoms. The number of aryl methyl sites for hydroxylation is 1. The number of tetrazole rings is 1. The fourth-order valence-electron chi connectivity index (χ4n) is 1.61. The third kappa shape index (κ3) is 2.24. The van der Waals surface area contributed by atoms with E-state index >= 15 is 0 Å². The van der Waals surface area contributed by atoms with Crippen molar-refractivity contribution in [3.05, 3.63) is 34.1 Å². The van der Waals surface area contributed by atoms with Crippen LogP contribution in [0.25, 0.3) is 5.69 Å². The number of hydrogen-bond donors (Lipinski definition) is 0. The van der Waals surface area contributed by atoms with Crippen molar-refractivity contribution >= 4 is 15.9 Å². The summed E-state index contributed by atoms with van der Waals surface area (Å²) in [6, 6.07) is 6.06. The summed E-state index contributed by atoms with van der Waals surface area (Å²) < 4.78 is 2.81. The molecule has 1 aromatic carbocycles. The van der Waals surface area contributed by atoms with Crippen LogP contribution in [0.3, 0.4) is 0 Å². The number of benzene rings is 1. The molecule has 0 spiro atoms. The molecule has 0 saturated carbocycles. The number of rotatable bonds is 1. The predicted octanol–water partition coefficient (Wildman–Crippen LogP) is 3.03. The quantitative estimate of drug-likeness (QED) is 0.812. The lowest BCUT2D eigenvalue weighted by molar-refractivity contribution is 0.525. The van der Waals surface area contributed by atoms with E-state index in [2.05, 4.69) is 65.2 Å². The molecule has 0 unspecified atom stereocenters. The Kier molecular flexibility index (Phi) is 3.03. The van der Waals surface area contributed by atoms with Crippen LogP contribution in [0.15, 0.2) is 22.7 Å². The minimum atomic E-state index is -0.0906. The molecule has 4 nitrogen and oxygen atoms in total. The molecular weight excluding hydrogens is 280 g/mol. The summed E-state index contributed by atoms with van der Waals surface area (Å²) in [7, 11) is 0. The third-order valence-corrected chi connectivity index (χ3v) is 3.57. The van der Waals surface area contributed by atoms with Gasteiger partial charge in [0.2, 0.25) is 0 Å². The molecule has 1 aromatic heterocycles. The Morgan fingerprint density at radius 3 is 2.59 bits per heavy atom. The van der Waals surface area contributed by atoms with Gasteiger partial charge in [-0.05, 0) is 44.9 Å². The maximum atomic E-state index is 4.12. The molecule has 2 aromatic rings. The van der Waals surface area contributed by atoms with E-state index in [0.717, 1.165) is 21.5 Å². The van der Waals surface area contributed by atoms with Crippen LogP contribution in [0, 0.1) is 6.92 Å². The largest absolute Gasteiger partial charge is 0.196 e. The summed E-state index contributed by atoms with van der Waals surface area (Å²) in [5.41, 5.74) is 2.05. The van der Waals surface area contributed by atoms with Gasteiger partial charge < -0.3 is 0 Å². The highest BCUT2D eigenvalue weighted by molar-refractivity contribution is 9.10. The normalized spacial score (nSPS) is 11.8. The van der Waals surface area contributed by atoms with Crippen molar-refractivity contribution in [2.24, 2.45) is 0 Å². The number of hydrogen-bond acceptors (Lipinski definition) is 3. The molecule has 0 atom stereocenters. The molecule has 1 heterocycles. The van der Waals surface area contributed by atoms with Crippen molar-refractivity contribution < 1.29 is 0 Å². The first-order valence-corrected chi connectivity index (χ1v) is 6.25. The molecule has 0 fully saturated rings. The SMILES string of the molecule is Cc1cccc(-n2nnnc2C(C)(C)C)c1Br. The monoisotopic (exact) mass is 294 g/mol. The van der Waals surface area contributed by atoms with E-state index in [1.807, 2.05) is 12.1 Å². The summed E-state index contributed by atoms with van der Waals surface area (Å²) in [6.07, 6.45) is 0. The minimum absolute atomic E-state index is 0.0906. The maximum Gasteiger partial charge on any atom is 0.162 e. The average molecular weight is 295 g/mol. The Bertz CT molecular complexity index is 540. The van der Waals surface area contributed by atoms with Crippen LogP contribution in [0.5, 0.6) is 0 Å². The van der Waals surface area contributed by atoms with Gasteiger partial charge in [0.25, 0.3) is 0 Å². The third-order valence-electron chi connectivity index (χ3n) is 2.54. The molecule has 17 heavy (non-hydrogen) atoms. The predicted molar refractivity (Wildman–Crippen MR) is 70.3 cm³/mol. The first kappa shape index (κ1) is 12.2. The summed E-state index contributed by atoms with van der Waals surface area (Å²) in [6.45, 7) is 8.34. The van der Waals surface area contributed by atoms with Gasteiger partial charge in [0.15, 0.2) is 5.82 Å². The van der Waals surface area contributed by atoms with Gasteiger partial charge in [0, 0.05) is 9.89 Å². The molecule has 0 aliphatic heterocycles. The Hall–Kier alpha value is -1.23. The first-order chi connectivity index (χ1) is 7.91. The van der Waals surface area contributed by atoms with Gasteiger partial charge in [0.05, 0.1) is 5.69 Å². The topological polar surface area (TPSA) is 43.6 Å². The van der Waals surface area contributed by atoms with Gasteiger partial charge in [-0.2, -0.15) is 4.68 Å². The van der Waals surface area contributed by atoms with Gasteiger partial charge in [0.1, 0.15) is 0 Å². The van der Waals surface area contributed by atoms with Gasteiger partial charge in [-0.25, -0.2) is 0 Å². The van der Waals surface area contributed by atoms with Crippen LogP contribution < -0.4 is 0 Å². The van der Waals surface area contributed by atoms with E-state index in [1.165, 1.54) is 0 Å². The molecule has 5 heteroatoms. The fourth-order valence-corrected chi connectivity index (χ4v) is 2.04. The van der Waals surface area contributed by atoms with Crippen LogP contribution in [0.4, 0.5) is 0 Å².